The van der Waals surface area contributed by atoms with Crippen LogP contribution >= 0.6 is 0 Å². The van der Waals surface area contributed by atoms with Gasteiger partial charge in [0.2, 0.25) is 0 Å². The lowest BCUT2D eigenvalue weighted by molar-refractivity contribution is -0.119. The maximum absolute atomic E-state index is 11.7. The summed E-state index contributed by atoms with van der Waals surface area (Å²) in [5.41, 5.74) is 5.45. The van der Waals surface area contributed by atoms with Crippen LogP contribution in [0.3, 0.4) is 0 Å². The van der Waals surface area contributed by atoms with Crippen molar-refractivity contribution in [3.8, 4) is 5.75 Å². The van der Waals surface area contributed by atoms with Crippen molar-refractivity contribution in [2.24, 2.45) is 5.10 Å². The maximum Gasteiger partial charge on any atom is 0.259 e. The third kappa shape index (κ3) is 5.82. The lowest BCUT2D eigenvalue weighted by Gasteiger charge is -2.07. The number of anilines is 1. The van der Waals surface area contributed by atoms with Crippen molar-refractivity contribution < 1.29 is 9.53 Å². The molecular formula is C18H21N3O2. The lowest BCUT2D eigenvalue weighted by atomic mass is 10.2. The Labute approximate surface area is 136 Å². The molecule has 2 aromatic carbocycles. The standard InChI is InChI=1S/C18H21N3O2/c1-3-23-17-9-7-16(8-10-17)19-13-18(22)21-20-12-15-6-4-5-14(2)11-15/h4-12,19H,3,13H2,1-2H3,(H,21,22)/b20-12+. The van der Waals surface area contributed by atoms with Gasteiger partial charge in [-0.2, -0.15) is 5.10 Å². The van der Waals surface area contributed by atoms with Crippen molar-refractivity contribution in [2.75, 3.05) is 18.5 Å². The van der Waals surface area contributed by atoms with E-state index in [2.05, 4.69) is 15.8 Å². The largest absolute Gasteiger partial charge is 0.494 e. The van der Waals surface area contributed by atoms with Crippen LogP contribution in [0.4, 0.5) is 5.69 Å². The number of ether oxygens (including phenoxy) is 1. The topological polar surface area (TPSA) is 62.7 Å². The Hall–Kier alpha value is -2.82. The van der Waals surface area contributed by atoms with Crippen molar-refractivity contribution in [1.82, 2.24) is 5.43 Å². The number of nitrogens with one attached hydrogen (secondary N) is 2. The lowest BCUT2D eigenvalue weighted by Crippen LogP contribution is -2.25. The molecule has 0 unspecified atom stereocenters. The SMILES string of the molecule is CCOc1ccc(NCC(=O)N/N=C/c2cccc(C)c2)cc1. The minimum absolute atomic E-state index is 0.152. The average molecular weight is 311 g/mol. The number of carbonyl (C=O) groups excluding carboxylic acids is 1. The first-order valence-electron chi connectivity index (χ1n) is 7.52. The first kappa shape index (κ1) is 16.5. The molecule has 0 aliphatic carbocycles. The molecule has 0 radical (unpaired) electrons. The van der Waals surface area contributed by atoms with Crippen LogP contribution in [0.1, 0.15) is 18.1 Å². The van der Waals surface area contributed by atoms with E-state index in [1.165, 1.54) is 0 Å². The molecule has 0 aromatic heterocycles. The monoisotopic (exact) mass is 311 g/mol. The number of amides is 1. The highest BCUT2D eigenvalue weighted by Gasteiger charge is 2.00. The van der Waals surface area contributed by atoms with Gasteiger partial charge in [0.05, 0.1) is 19.4 Å². The van der Waals surface area contributed by atoms with E-state index in [-0.39, 0.29) is 12.5 Å². The van der Waals surface area contributed by atoms with Crippen LogP contribution in [0.25, 0.3) is 0 Å². The normalized spacial score (nSPS) is 10.5. The van der Waals surface area contributed by atoms with Gasteiger partial charge in [0.25, 0.3) is 5.91 Å². The summed E-state index contributed by atoms with van der Waals surface area (Å²) >= 11 is 0. The molecule has 0 heterocycles. The molecule has 0 spiro atoms. The molecule has 2 aromatic rings. The van der Waals surface area contributed by atoms with Gasteiger partial charge in [0.1, 0.15) is 5.75 Å². The summed E-state index contributed by atoms with van der Waals surface area (Å²) in [4.78, 5) is 11.7. The van der Waals surface area contributed by atoms with Gasteiger partial charge in [-0.15, -0.1) is 0 Å². The molecule has 120 valence electrons. The van der Waals surface area contributed by atoms with Crippen molar-refractivity contribution in [3.63, 3.8) is 0 Å². The Bertz CT molecular complexity index is 666. The van der Waals surface area contributed by atoms with Crippen LogP contribution in [0.15, 0.2) is 53.6 Å². The zero-order valence-electron chi connectivity index (χ0n) is 13.4. The summed E-state index contributed by atoms with van der Waals surface area (Å²) in [6.07, 6.45) is 1.63. The number of hydrazone groups is 1. The molecule has 0 atom stereocenters. The molecule has 5 heteroatoms. The Kier molecular flexibility index (Phi) is 6.17. The van der Waals surface area contributed by atoms with Gasteiger partial charge in [-0.25, -0.2) is 5.43 Å². The number of nitrogens with zero attached hydrogens (tertiary/aromatic N) is 1. The molecule has 0 fully saturated rings. The highest BCUT2D eigenvalue weighted by molar-refractivity contribution is 5.84. The molecular weight excluding hydrogens is 290 g/mol. The van der Waals surface area contributed by atoms with E-state index in [0.717, 1.165) is 22.6 Å². The predicted molar refractivity (Wildman–Crippen MR) is 93.0 cm³/mol. The zero-order chi connectivity index (χ0) is 16.5. The third-order valence-corrected chi connectivity index (χ3v) is 3.06. The van der Waals surface area contributed by atoms with Gasteiger partial charge in [-0.3, -0.25) is 4.79 Å². The van der Waals surface area contributed by atoms with Gasteiger partial charge < -0.3 is 10.1 Å². The van der Waals surface area contributed by atoms with Crippen LogP contribution in [0.2, 0.25) is 0 Å². The van der Waals surface area contributed by atoms with E-state index in [4.69, 9.17) is 4.74 Å². The van der Waals surface area contributed by atoms with Gasteiger partial charge >= 0.3 is 0 Å². The van der Waals surface area contributed by atoms with Crippen LogP contribution in [-0.4, -0.2) is 25.3 Å². The molecule has 0 aliphatic heterocycles. The second-order valence-electron chi connectivity index (χ2n) is 5.02. The molecule has 0 bridgehead atoms. The first-order valence-corrected chi connectivity index (χ1v) is 7.52. The minimum Gasteiger partial charge on any atom is -0.494 e. The molecule has 5 nitrogen and oxygen atoms in total. The van der Waals surface area contributed by atoms with Gasteiger partial charge in [0, 0.05) is 5.69 Å². The van der Waals surface area contributed by atoms with E-state index >= 15 is 0 Å². The van der Waals surface area contributed by atoms with E-state index in [0.29, 0.717) is 6.61 Å². The molecule has 23 heavy (non-hydrogen) atoms. The molecule has 0 saturated heterocycles. The Morgan fingerprint density at radius 3 is 2.70 bits per heavy atom. The molecule has 2 N–H and O–H groups in total. The fourth-order valence-electron chi connectivity index (χ4n) is 1.99. The number of rotatable bonds is 7. The highest BCUT2D eigenvalue weighted by Crippen LogP contribution is 2.15. The molecule has 0 aliphatic rings. The summed E-state index contributed by atoms with van der Waals surface area (Å²) in [6.45, 7) is 4.73. The van der Waals surface area contributed by atoms with Crippen LogP contribution in [-0.2, 0) is 4.79 Å². The summed E-state index contributed by atoms with van der Waals surface area (Å²) in [5, 5.41) is 6.98. The van der Waals surface area contributed by atoms with Gasteiger partial charge in [0.15, 0.2) is 0 Å². The van der Waals surface area contributed by atoms with E-state index in [9.17, 15) is 4.79 Å². The average Bonchev–Trinajstić information content (AvgIpc) is 2.55. The molecule has 2 rings (SSSR count). The second kappa shape index (κ2) is 8.58. The summed E-state index contributed by atoms with van der Waals surface area (Å²) in [7, 11) is 0. The van der Waals surface area contributed by atoms with Crippen LogP contribution < -0.4 is 15.5 Å². The fraction of sp³-hybridized carbons (Fsp3) is 0.222. The zero-order valence-corrected chi connectivity index (χ0v) is 13.4. The molecule has 1 amide bonds. The van der Waals surface area contributed by atoms with Gasteiger partial charge in [-0.1, -0.05) is 29.8 Å². The van der Waals surface area contributed by atoms with E-state index in [1.54, 1.807) is 6.21 Å². The minimum atomic E-state index is -0.206. The Morgan fingerprint density at radius 2 is 2.00 bits per heavy atom. The number of carbonyl (C=O) groups is 1. The number of benzene rings is 2. The van der Waals surface area contributed by atoms with Gasteiger partial charge in [-0.05, 0) is 43.7 Å². The van der Waals surface area contributed by atoms with E-state index in [1.807, 2.05) is 62.4 Å². The van der Waals surface area contributed by atoms with Crippen molar-refractivity contribution in [1.29, 1.82) is 0 Å². The quantitative estimate of drug-likeness (QED) is 0.610. The maximum atomic E-state index is 11.7. The third-order valence-electron chi connectivity index (χ3n) is 3.06. The number of aryl methyl sites for hydroxylation is 1. The summed E-state index contributed by atoms with van der Waals surface area (Å²) in [5.74, 6) is 0.605. The van der Waals surface area contributed by atoms with Crippen molar-refractivity contribution in [3.05, 3.63) is 59.7 Å². The highest BCUT2D eigenvalue weighted by atomic mass is 16.5. The molecule has 0 saturated carbocycles. The summed E-state index contributed by atoms with van der Waals surface area (Å²) in [6, 6.07) is 15.3. The predicted octanol–water partition coefficient (Wildman–Crippen LogP) is 2.96. The second-order valence-corrected chi connectivity index (χ2v) is 5.02. The van der Waals surface area contributed by atoms with Crippen molar-refractivity contribution in [2.45, 2.75) is 13.8 Å². The fourth-order valence-corrected chi connectivity index (χ4v) is 1.99. The number of hydrogen-bond acceptors (Lipinski definition) is 4. The van der Waals surface area contributed by atoms with Crippen LogP contribution in [0, 0.1) is 6.92 Å². The Balaban J connectivity index is 1.76. The Morgan fingerprint density at radius 1 is 1.22 bits per heavy atom. The van der Waals surface area contributed by atoms with E-state index < -0.39 is 0 Å². The number of hydrogen-bond donors (Lipinski definition) is 2. The van der Waals surface area contributed by atoms with Crippen molar-refractivity contribution >= 4 is 17.8 Å². The smallest absolute Gasteiger partial charge is 0.259 e. The summed E-state index contributed by atoms with van der Waals surface area (Å²) < 4.78 is 5.36. The first-order chi connectivity index (χ1) is 11.2. The van der Waals surface area contributed by atoms with Crippen LogP contribution in [0.5, 0.6) is 5.75 Å².